The van der Waals surface area contributed by atoms with Crippen LogP contribution in [0.5, 0.6) is 0 Å². The summed E-state index contributed by atoms with van der Waals surface area (Å²) in [5.74, 6) is -0.419. The largest absolute Gasteiger partial charge is 0.464 e. The number of esters is 1. The summed E-state index contributed by atoms with van der Waals surface area (Å²) in [6.45, 7) is 2.52. The maximum absolute atomic E-state index is 12.3. The molecule has 0 saturated carbocycles. The maximum atomic E-state index is 12.3. The highest BCUT2D eigenvalue weighted by molar-refractivity contribution is 9.10. The Morgan fingerprint density at radius 2 is 1.78 bits per heavy atom. The first-order chi connectivity index (χ1) is 12.8. The van der Waals surface area contributed by atoms with E-state index in [1.54, 1.807) is 19.0 Å². The van der Waals surface area contributed by atoms with Crippen molar-refractivity contribution in [2.45, 2.75) is 13.5 Å². The number of halogens is 1. The lowest BCUT2D eigenvalue weighted by Crippen LogP contribution is -2.21. The van der Waals surface area contributed by atoms with Crippen molar-refractivity contribution in [3.05, 3.63) is 69.3 Å². The van der Waals surface area contributed by atoms with Crippen LogP contribution in [0.15, 0.2) is 46.9 Å². The van der Waals surface area contributed by atoms with Gasteiger partial charge in [-0.05, 0) is 48.4 Å². The van der Waals surface area contributed by atoms with E-state index in [-0.39, 0.29) is 11.9 Å². The van der Waals surface area contributed by atoms with Crippen molar-refractivity contribution in [1.82, 2.24) is 9.47 Å². The topological polar surface area (TPSA) is 51.5 Å². The molecule has 0 bridgehead atoms. The van der Waals surface area contributed by atoms with Gasteiger partial charge in [0.1, 0.15) is 5.69 Å². The van der Waals surface area contributed by atoms with E-state index >= 15 is 0 Å². The molecule has 2 aromatic carbocycles. The van der Waals surface area contributed by atoms with E-state index in [4.69, 9.17) is 4.74 Å². The number of fused-ring (bicyclic) bond motifs is 1. The summed E-state index contributed by atoms with van der Waals surface area (Å²) in [6, 6.07) is 13.4. The summed E-state index contributed by atoms with van der Waals surface area (Å²) in [5, 5.41) is 0.959. The number of ether oxygens (including phenoxy) is 1. The number of nitrogens with zero attached hydrogens (tertiary/aromatic N) is 2. The van der Waals surface area contributed by atoms with E-state index in [0.717, 1.165) is 26.5 Å². The molecule has 3 aromatic rings. The Morgan fingerprint density at radius 3 is 2.37 bits per heavy atom. The second-order valence-electron chi connectivity index (χ2n) is 6.68. The second kappa shape index (κ2) is 7.56. The molecule has 0 saturated heterocycles. The van der Waals surface area contributed by atoms with Crippen molar-refractivity contribution in [2.75, 3.05) is 21.2 Å². The number of rotatable bonds is 4. The molecule has 1 amide bonds. The fourth-order valence-electron chi connectivity index (χ4n) is 3.08. The third-order valence-corrected chi connectivity index (χ3v) is 5.11. The van der Waals surface area contributed by atoms with Crippen LogP contribution in [0.25, 0.3) is 10.9 Å². The number of hydrogen-bond acceptors (Lipinski definition) is 3. The molecule has 0 aliphatic heterocycles. The van der Waals surface area contributed by atoms with Gasteiger partial charge in [0.05, 0.1) is 12.6 Å². The van der Waals surface area contributed by atoms with Crippen molar-refractivity contribution in [3.63, 3.8) is 0 Å². The molecule has 0 unspecified atom stereocenters. The Labute approximate surface area is 166 Å². The van der Waals surface area contributed by atoms with Crippen LogP contribution >= 0.6 is 15.9 Å². The minimum absolute atomic E-state index is 0.0391. The van der Waals surface area contributed by atoms with Gasteiger partial charge in [0.25, 0.3) is 5.91 Å². The fourth-order valence-corrected chi connectivity index (χ4v) is 3.76. The predicted molar refractivity (Wildman–Crippen MR) is 109 cm³/mol. The van der Waals surface area contributed by atoms with E-state index < -0.39 is 0 Å². The van der Waals surface area contributed by atoms with Gasteiger partial charge in [-0.2, -0.15) is 0 Å². The third-order valence-electron chi connectivity index (χ3n) is 4.46. The van der Waals surface area contributed by atoms with Crippen LogP contribution in [-0.2, 0) is 11.3 Å². The lowest BCUT2D eigenvalue weighted by atomic mass is 10.1. The molecule has 0 aliphatic carbocycles. The van der Waals surface area contributed by atoms with Gasteiger partial charge in [-0.15, -0.1) is 0 Å². The Bertz CT molecular complexity index is 1020. The zero-order chi connectivity index (χ0) is 19.7. The number of methoxy groups -OCH3 is 1. The first-order valence-electron chi connectivity index (χ1n) is 8.50. The van der Waals surface area contributed by atoms with E-state index in [1.165, 1.54) is 7.11 Å². The van der Waals surface area contributed by atoms with Gasteiger partial charge in [-0.25, -0.2) is 4.79 Å². The number of carbonyl (C=O) groups excluding carboxylic acids is 2. The van der Waals surface area contributed by atoms with Gasteiger partial charge < -0.3 is 14.2 Å². The Balaban J connectivity index is 2.05. The number of hydrogen-bond donors (Lipinski definition) is 0. The molecule has 5 nitrogen and oxygen atoms in total. The number of carbonyl (C=O) groups is 2. The Morgan fingerprint density at radius 1 is 1.11 bits per heavy atom. The molecular weight excluding hydrogens is 408 g/mol. The molecule has 3 rings (SSSR count). The summed E-state index contributed by atoms with van der Waals surface area (Å²) in [4.78, 5) is 25.9. The average molecular weight is 429 g/mol. The van der Waals surface area contributed by atoms with Crippen LogP contribution in [0.3, 0.4) is 0 Å². The van der Waals surface area contributed by atoms with Crippen molar-refractivity contribution in [2.24, 2.45) is 0 Å². The Kier molecular flexibility index (Phi) is 5.37. The summed E-state index contributed by atoms with van der Waals surface area (Å²) in [6.07, 6.45) is 0. The molecule has 140 valence electrons. The molecule has 6 heteroatoms. The summed E-state index contributed by atoms with van der Waals surface area (Å²) in [7, 11) is 4.84. The van der Waals surface area contributed by atoms with Gasteiger partial charge in [-0.3, -0.25) is 4.79 Å². The Hall–Kier alpha value is -2.60. The van der Waals surface area contributed by atoms with Crippen molar-refractivity contribution >= 4 is 38.7 Å². The van der Waals surface area contributed by atoms with E-state index in [2.05, 4.69) is 22.0 Å². The molecule has 1 heterocycles. The zero-order valence-electron chi connectivity index (χ0n) is 15.7. The predicted octanol–water partition coefficient (Wildman–Crippen LogP) is 4.25. The SMILES string of the molecule is COC(=O)c1cc2c(Br)cc(C)cc2n1Cc1ccc(C(=O)N(C)C)cc1. The molecule has 0 atom stereocenters. The molecular formula is C21H21BrN2O3. The summed E-state index contributed by atoms with van der Waals surface area (Å²) >= 11 is 3.58. The molecule has 0 aliphatic rings. The standard InChI is InChI=1S/C21H21BrN2O3/c1-13-9-17(22)16-11-19(21(26)27-4)24(18(16)10-13)12-14-5-7-15(8-6-14)20(25)23(2)3/h5-11H,12H2,1-4H3. The van der Waals surface area contributed by atoms with Crippen molar-refractivity contribution < 1.29 is 14.3 Å². The van der Waals surface area contributed by atoms with Gasteiger partial charge in [-0.1, -0.05) is 28.1 Å². The first kappa shape index (κ1) is 19.2. The highest BCUT2D eigenvalue weighted by Gasteiger charge is 2.18. The normalized spacial score (nSPS) is 10.9. The van der Waals surface area contributed by atoms with E-state index in [1.807, 2.05) is 47.9 Å². The quantitative estimate of drug-likeness (QED) is 0.583. The smallest absolute Gasteiger partial charge is 0.354 e. The van der Waals surface area contributed by atoms with Crippen LogP contribution in [0.2, 0.25) is 0 Å². The minimum Gasteiger partial charge on any atom is -0.464 e. The molecule has 27 heavy (non-hydrogen) atoms. The molecule has 0 fully saturated rings. The summed E-state index contributed by atoms with van der Waals surface area (Å²) in [5.41, 5.74) is 4.17. The molecule has 0 N–H and O–H groups in total. The van der Waals surface area contributed by atoms with Crippen LogP contribution in [0.1, 0.15) is 32.0 Å². The van der Waals surface area contributed by atoms with Crippen molar-refractivity contribution in [1.29, 1.82) is 0 Å². The van der Waals surface area contributed by atoms with Crippen LogP contribution in [0.4, 0.5) is 0 Å². The number of benzene rings is 2. The fraction of sp³-hybridized carbons (Fsp3) is 0.238. The number of aryl methyl sites for hydroxylation is 1. The monoisotopic (exact) mass is 428 g/mol. The summed E-state index contributed by atoms with van der Waals surface area (Å²) < 4.78 is 7.85. The molecule has 0 radical (unpaired) electrons. The van der Waals surface area contributed by atoms with Gasteiger partial charge in [0.15, 0.2) is 0 Å². The highest BCUT2D eigenvalue weighted by Crippen LogP contribution is 2.30. The van der Waals surface area contributed by atoms with Crippen molar-refractivity contribution in [3.8, 4) is 0 Å². The number of aromatic nitrogens is 1. The third kappa shape index (κ3) is 3.76. The lowest BCUT2D eigenvalue weighted by molar-refractivity contribution is 0.0589. The lowest BCUT2D eigenvalue weighted by Gasteiger charge is -2.13. The van der Waals surface area contributed by atoms with Gasteiger partial charge >= 0.3 is 5.97 Å². The van der Waals surface area contributed by atoms with Gasteiger partial charge in [0, 0.05) is 36.1 Å². The maximum Gasteiger partial charge on any atom is 0.354 e. The first-order valence-corrected chi connectivity index (χ1v) is 9.29. The van der Waals surface area contributed by atoms with Crippen LogP contribution in [0, 0.1) is 6.92 Å². The molecule has 0 spiro atoms. The van der Waals surface area contributed by atoms with Gasteiger partial charge in [0.2, 0.25) is 0 Å². The zero-order valence-corrected chi connectivity index (χ0v) is 17.3. The second-order valence-corrected chi connectivity index (χ2v) is 7.54. The average Bonchev–Trinajstić information content (AvgIpc) is 2.99. The van der Waals surface area contributed by atoms with Crippen LogP contribution in [-0.4, -0.2) is 42.5 Å². The van der Waals surface area contributed by atoms with E-state index in [0.29, 0.717) is 17.8 Å². The highest BCUT2D eigenvalue weighted by atomic mass is 79.9. The van der Waals surface area contributed by atoms with E-state index in [9.17, 15) is 9.59 Å². The molecule has 1 aromatic heterocycles. The minimum atomic E-state index is -0.379. The number of amides is 1. The van der Waals surface area contributed by atoms with Crippen LogP contribution < -0.4 is 0 Å².